The standard InChI is InChI=1S/C17H19F9O2.C14H19F3O.C13H17F3O.C13H18F2O2.3C12H16F2/c1-5-12(2,3)9-6-10(13(4,27)15(18,19)20)8-11(7-9)14(28,16(21,22)23)17(24,25)26;1-5-12(2,3)10-6-8-11(9-7-10)13(4,18)14(15,16)17;1-5-12(3,4)10-6-9(2)7-11(8-10)17-13(14,15)16;1-5-13(2,3)9-6-7-10(17-12(14)15)11(8-9)16-4;1-5-12(3,4)11-9(13)6-8(2)7-10(11)14;1-5-12(3,4)9-7-6-8(2)10(13)11(9)14;1-4-12(2,3)10-7-5-9(6-8-10)11(13)14/h6-8,27-28H,5H2,1-4H3;6-9,18H,5H2,1-4H3;6-8H,5H2,1-4H3;6-8,12H,5H2,1-4H3;2*6-7H,5H2,1-4H3;5-8,11H,4H2,1-3H3. The predicted octanol–water partition coefficient (Wildman–Crippen LogP) is 30.4. The minimum atomic E-state index is -6.28. The molecular formula is C93H121F23O6. The van der Waals surface area contributed by atoms with Crippen LogP contribution >= 0.6 is 0 Å². The Hall–Kier alpha value is -7.79. The van der Waals surface area contributed by atoms with E-state index in [1.54, 1.807) is 69.3 Å². The third-order valence-electron chi connectivity index (χ3n) is 23.1. The van der Waals surface area contributed by atoms with Gasteiger partial charge >= 0.3 is 37.7 Å². The van der Waals surface area contributed by atoms with Gasteiger partial charge in [0.05, 0.1) is 7.11 Å². The molecule has 2 unspecified atom stereocenters. The number of methoxy groups -OCH3 is 1. The Balaban J connectivity index is 0.000000722. The molecular weight excluding hydrogens is 1650 g/mol. The highest BCUT2D eigenvalue weighted by molar-refractivity contribution is 5.46. The summed E-state index contributed by atoms with van der Waals surface area (Å²) in [7, 11) is 1.44. The van der Waals surface area contributed by atoms with Crippen LogP contribution in [0.5, 0.6) is 17.2 Å². The van der Waals surface area contributed by atoms with Crippen LogP contribution in [0, 0.1) is 44.0 Å². The maximum Gasteiger partial charge on any atom is 0.573 e. The monoisotopic (exact) mass is 1770 g/mol. The van der Waals surface area contributed by atoms with Crippen LogP contribution in [-0.4, -0.2) is 60.1 Å². The molecule has 7 aromatic carbocycles. The van der Waals surface area contributed by atoms with Gasteiger partial charge in [-0.3, -0.25) is 0 Å². The number of rotatable bonds is 22. The quantitative estimate of drug-likeness (QED) is 0.0586. The fourth-order valence-electron chi connectivity index (χ4n) is 11.2. The Morgan fingerprint density at radius 1 is 0.328 bits per heavy atom. The average Bonchev–Trinajstić information content (AvgIpc) is 0.727. The van der Waals surface area contributed by atoms with E-state index in [2.05, 4.69) is 51.0 Å². The van der Waals surface area contributed by atoms with Crippen molar-refractivity contribution in [3.63, 3.8) is 0 Å². The molecule has 0 aromatic heterocycles. The molecule has 7 rings (SSSR count). The SMILES string of the molecule is CCC(C)(C)c1c(F)cc(C)cc1F.CCC(C)(C)c1cc(C(C)(O)C(F)(F)F)cc(C(O)(C(F)(F)F)C(F)(F)F)c1.CCC(C)(C)c1cc(C)cc(OC(F)(F)F)c1.CCC(C)(C)c1ccc(C(C)(O)C(F)(F)F)cc1.CCC(C)(C)c1ccc(C(F)F)cc1.CCC(C)(C)c1ccc(C)c(F)c1F.CCC(C)(C)c1ccc(OC(F)F)c(OC)c1. The van der Waals surface area contributed by atoms with Crippen molar-refractivity contribution in [1.29, 1.82) is 0 Å². The van der Waals surface area contributed by atoms with E-state index in [1.165, 1.54) is 82.5 Å². The van der Waals surface area contributed by atoms with Crippen LogP contribution in [0.25, 0.3) is 0 Å². The molecule has 7 aromatic rings. The first kappa shape index (κ1) is 112. The maximum atomic E-state index is 13.6. The van der Waals surface area contributed by atoms with Crippen molar-refractivity contribution in [3.8, 4) is 17.2 Å². The van der Waals surface area contributed by atoms with Crippen molar-refractivity contribution in [1.82, 2.24) is 0 Å². The minimum absolute atomic E-state index is 0.0172. The van der Waals surface area contributed by atoms with Crippen molar-refractivity contribution in [2.75, 3.05) is 7.11 Å². The number of alkyl halides is 19. The molecule has 0 aliphatic heterocycles. The zero-order chi connectivity index (χ0) is 95.7. The van der Waals surface area contributed by atoms with Crippen LogP contribution in [0.1, 0.15) is 289 Å². The normalized spacial score (nSPS) is 13.8. The van der Waals surface area contributed by atoms with Gasteiger partial charge in [-0.1, -0.05) is 230 Å². The molecule has 29 heteroatoms. The van der Waals surface area contributed by atoms with E-state index in [4.69, 9.17) is 4.74 Å². The molecule has 0 spiro atoms. The summed E-state index contributed by atoms with van der Waals surface area (Å²) >= 11 is 0. The highest BCUT2D eigenvalue weighted by atomic mass is 19.4. The van der Waals surface area contributed by atoms with Gasteiger partial charge in [0.25, 0.3) is 12.0 Å². The van der Waals surface area contributed by atoms with E-state index in [0.29, 0.717) is 41.0 Å². The summed E-state index contributed by atoms with van der Waals surface area (Å²) in [6.45, 7) is 43.6. The smallest absolute Gasteiger partial charge is 0.493 e. The van der Waals surface area contributed by atoms with E-state index in [1.807, 2.05) is 89.2 Å². The fraction of sp³-hybridized carbons (Fsp3) is 0.548. The van der Waals surface area contributed by atoms with E-state index < -0.39 is 106 Å². The van der Waals surface area contributed by atoms with Gasteiger partial charge < -0.3 is 29.5 Å². The fourth-order valence-corrected chi connectivity index (χ4v) is 11.2. The van der Waals surface area contributed by atoms with Crippen LogP contribution < -0.4 is 14.2 Å². The zero-order valence-electron chi connectivity index (χ0n) is 74.5. The van der Waals surface area contributed by atoms with Crippen molar-refractivity contribution < 1.29 is 131 Å². The van der Waals surface area contributed by atoms with Crippen molar-refractivity contribution in [3.05, 3.63) is 229 Å². The Bertz CT molecular complexity index is 4370. The average molecular weight is 1770 g/mol. The molecule has 0 saturated heterocycles. The van der Waals surface area contributed by atoms with Gasteiger partial charge in [0.2, 0.25) is 0 Å². The molecule has 0 amide bonds. The van der Waals surface area contributed by atoms with Gasteiger partial charge in [0.1, 0.15) is 17.4 Å². The second kappa shape index (κ2) is 42.9. The Morgan fingerprint density at radius 2 is 0.672 bits per heavy atom. The summed E-state index contributed by atoms with van der Waals surface area (Å²) in [5.41, 5.74) is -11.1. The second-order valence-electron chi connectivity index (χ2n) is 34.8. The molecule has 0 fully saturated rings. The first-order valence-corrected chi connectivity index (χ1v) is 39.5. The van der Waals surface area contributed by atoms with E-state index in [9.17, 15) is 116 Å². The largest absolute Gasteiger partial charge is 0.573 e. The third kappa shape index (κ3) is 30.2. The van der Waals surface area contributed by atoms with Gasteiger partial charge in [-0.15, -0.1) is 13.2 Å². The highest BCUT2D eigenvalue weighted by Crippen LogP contribution is 2.53. The molecule has 6 nitrogen and oxygen atoms in total. The van der Waals surface area contributed by atoms with Crippen LogP contribution in [0.4, 0.5) is 101 Å². The summed E-state index contributed by atoms with van der Waals surface area (Å²) in [4.78, 5) is 0. The van der Waals surface area contributed by atoms with Crippen LogP contribution in [0.3, 0.4) is 0 Å². The van der Waals surface area contributed by atoms with Crippen molar-refractivity contribution in [2.24, 2.45) is 0 Å². The van der Waals surface area contributed by atoms with E-state index in [-0.39, 0.29) is 80.2 Å². The van der Waals surface area contributed by atoms with Crippen LogP contribution in [0.2, 0.25) is 0 Å². The van der Waals surface area contributed by atoms with Crippen LogP contribution in [-0.2, 0) is 54.7 Å². The predicted molar refractivity (Wildman–Crippen MR) is 434 cm³/mol. The summed E-state index contributed by atoms with van der Waals surface area (Å²) in [6, 6.07) is 29.4. The van der Waals surface area contributed by atoms with Gasteiger partial charge in [0.15, 0.2) is 34.3 Å². The van der Waals surface area contributed by atoms with Crippen LogP contribution in [0.15, 0.2) is 127 Å². The number of hydrogen-bond donors (Lipinski definition) is 3. The van der Waals surface area contributed by atoms with E-state index in [0.717, 1.165) is 66.8 Å². The number of benzene rings is 7. The Morgan fingerprint density at radius 3 is 1.04 bits per heavy atom. The summed E-state index contributed by atoms with van der Waals surface area (Å²) in [5, 5.41) is 29.0. The van der Waals surface area contributed by atoms with Crippen molar-refractivity contribution >= 4 is 0 Å². The van der Waals surface area contributed by atoms with Gasteiger partial charge in [-0.25, -0.2) is 26.3 Å². The number of hydrogen-bond acceptors (Lipinski definition) is 6. The highest BCUT2D eigenvalue weighted by Gasteiger charge is 2.72. The first-order chi connectivity index (χ1) is 54.9. The number of halogens is 23. The molecule has 0 heterocycles. The Kier molecular flexibility index (Phi) is 39.5. The molecule has 0 bridgehead atoms. The lowest BCUT2D eigenvalue weighted by atomic mass is 9.77. The lowest BCUT2D eigenvalue weighted by Crippen LogP contribution is -2.54. The van der Waals surface area contributed by atoms with Gasteiger partial charge in [-0.2, -0.15) is 61.5 Å². The van der Waals surface area contributed by atoms with Gasteiger partial charge in [-0.05, 0) is 221 Å². The third-order valence-corrected chi connectivity index (χ3v) is 23.1. The molecule has 0 radical (unpaired) electrons. The summed E-state index contributed by atoms with van der Waals surface area (Å²) in [6.07, 6.45) is -24.3. The minimum Gasteiger partial charge on any atom is -0.493 e. The van der Waals surface area contributed by atoms with Gasteiger partial charge in [0, 0.05) is 16.7 Å². The molecule has 0 aliphatic rings. The lowest BCUT2D eigenvalue weighted by molar-refractivity contribution is -0.376. The second-order valence-corrected chi connectivity index (χ2v) is 34.8. The van der Waals surface area contributed by atoms with Crippen molar-refractivity contribution in [2.45, 2.75) is 324 Å². The maximum absolute atomic E-state index is 13.6. The molecule has 690 valence electrons. The summed E-state index contributed by atoms with van der Waals surface area (Å²) < 4.78 is 309. The first-order valence-electron chi connectivity index (χ1n) is 39.5. The summed E-state index contributed by atoms with van der Waals surface area (Å²) in [5.74, 6) is -2.03. The lowest BCUT2D eigenvalue weighted by Gasteiger charge is -2.36. The molecule has 0 saturated carbocycles. The zero-order valence-corrected chi connectivity index (χ0v) is 74.5. The number of aliphatic hydroxyl groups is 3. The Labute approximate surface area is 704 Å². The number of aryl methyl sites for hydroxylation is 3. The number of ether oxygens (including phenoxy) is 3. The molecule has 122 heavy (non-hydrogen) atoms. The topological polar surface area (TPSA) is 88.4 Å². The molecule has 0 aliphatic carbocycles. The van der Waals surface area contributed by atoms with E-state index >= 15 is 0 Å². The molecule has 2 atom stereocenters. The molecule has 3 N–H and O–H groups in total.